The Bertz CT molecular complexity index is 365. The van der Waals surface area contributed by atoms with Crippen molar-refractivity contribution in [1.82, 2.24) is 10.2 Å². The molecule has 1 N–H and O–H groups in total. The van der Waals surface area contributed by atoms with Gasteiger partial charge >= 0.3 is 0 Å². The molecule has 1 heterocycles. The van der Waals surface area contributed by atoms with Crippen molar-refractivity contribution < 1.29 is 9.59 Å². The molecule has 2 aliphatic rings. The number of nitrogens with one attached hydrogen (secondary N) is 1. The number of piperazine rings is 1. The van der Waals surface area contributed by atoms with Gasteiger partial charge in [0.15, 0.2) is 0 Å². The lowest BCUT2D eigenvalue weighted by molar-refractivity contribution is -0.159. The summed E-state index contributed by atoms with van der Waals surface area (Å²) < 4.78 is 0. The highest BCUT2D eigenvalue weighted by Crippen LogP contribution is 2.45. The molecule has 1 aliphatic heterocycles. The van der Waals surface area contributed by atoms with Gasteiger partial charge in [-0.05, 0) is 38.5 Å². The van der Waals surface area contributed by atoms with Gasteiger partial charge in [0.1, 0.15) is 11.6 Å². The summed E-state index contributed by atoms with van der Waals surface area (Å²) in [7, 11) is 0. The maximum Gasteiger partial charge on any atom is 0.246 e. The van der Waals surface area contributed by atoms with Crippen LogP contribution in [0.3, 0.4) is 0 Å². The third kappa shape index (κ3) is 1.82. The van der Waals surface area contributed by atoms with Crippen molar-refractivity contribution in [1.29, 1.82) is 0 Å². The van der Waals surface area contributed by atoms with Crippen LogP contribution in [0.25, 0.3) is 0 Å². The Morgan fingerprint density at radius 3 is 2.44 bits per heavy atom. The van der Waals surface area contributed by atoms with E-state index in [-0.39, 0.29) is 23.8 Å². The summed E-state index contributed by atoms with van der Waals surface area (Å²) in [6, 6.07) is -0.339. The van der Waals surface area contributed by atoms with Gasteiger partial charge in [-0.25, -0.2) is 0 Å². The van der Waals surface area contributed by atoms with Gasteiger partial charge in [0, 0.05) is 6.54 Å². The number of carbonyl (C=O) groups is 2. The second-order valence-corrected chi connectivity index (χ2v) is 5.84. The zero-order valence-corrected chi connectivity index (χ0v) is 11.8. The monoisotopic (exact) mass is 252 g/mol. The van der Waals surface area contributed by atoms with Crippen LogP contribution in [0.2, 0.25) is 0 Å². The minimum absolute atomic E-state index is 0.0387. The van der Waals surface area contributed by atoms with Crippen LogP contribution in [-0.2, 0) is 9.59 Å². The predicted molar refractivity (Wildman–Crippen MR) is 69.9 cm³/mol. The highest BCUT2D eigenvalue weighted by molar-refractivity contribution is 6.00. The zero-order valence-electron chi connectivity index (χ0n) is 11.8. The molecule has 0 aromatic rings. The Kier molecular flexibility index (Phi) is 3.39. The molecule has 2 rings (SSSR count). The highest BCUT2D eigenvalue weighted by Gasteiger charge is 2.56. The fraction of sp³-hybridized carbons (Fsp3) is 0.857. The minimum atomic E-state index is -0.615. The van der Waals surface area contributed by atoms with Crippen LogP contribution in [0, 0.1) is 11.8 Å². The predicted octanol–water partition coefficient (Wildman–Crippen LogP) is 1.55. The van der Waals surface area contributed by atoms with Crippen molar-refractivity contribution in [2.24, 2.45) is 11.8 Å². The Morgan fingerprint density at radius 2 is 2.00 bits per heavy atom. The van der Waals surface area contributed by atoms with Crippen molar-refractivity contribution in [3.8, 4) is 0 Å². The van der Waals surface area contributed by atoms with E-state index in [1.807, 2.05) is 20.8 Å². The first kappa shape index (κ1) is 13.4. The van der Waals surface area contributed by atoms with Crippen LogP contribution in [0.4, 0.5) is 0 Å². The van der Waals surface area contributed by atoms with Gasteiger partial charge in [0.2, 0.25) is 11.8 Å². The summed E-state index contributed by atoms with van der Waals surface area (Å²) in [6.45, 7) is 8.58. The topological polar surface area (TPSA) is 49.4 Å². The van der Waals surface area contributed by atoms with Crippen molar-refractivity contribution in [2.75, 3.05) is 6.54 Å². The van der Waals surface area contributed by atoms with Crippen molar-refractivity contribution in [3.63, 3.8) is 0 Å². The molecule has 1 saturated heterocycles. The molecule has 2 fully saturated rings. The molecule has 0 aromatic carbocycles. The van der Waals surface area contributed by atoms with Crippen LogP contribution in [0.5, 0.6) is 0 Å². The minimum Gasteiger partial charge on any atom is -0.342 e. The fourth-order valence-corrected chi connectivity index (χ4v) is 3.03. The molecule has 0 bridgehead atoms. The van der Waals surface area contributed by atoms with E-state index in [0.29, 0.717) is 12.5 Å². The molecule has 1 saturated carbocycles. The molecule has 0 aromatic heterocycles. The van der Waals surface area contributed by atoms with E-state index in [4.69, 9.17) is 0 Å². The number of carbonyl (C=O) groups excluding carboxylic acids is 2. The molecule has 0 spiro atoms. The van der Waals surface area contributed by atoms with E-state index < -0.39 is 5.54 Å². The first-order chi connectivity index (χ1) is 8.46. The lowest BCUT2D eigenvalue weighted by Crippen LogP contribution is -2.71. The Balaban J connectivity index is 2.28. The van der Waals surface area contributed by atoms with Gasteiger partial charge in [-0.2, -0.15) is 0 Å². The third-order valence-electron chi connectivity index (χ3n) is 4.74. The zero-order chi connectivity index (χ0) is 13.5. The Morgan fingerprint density at radius 1 is 1.39 bits per heavy atom. The molecule has 4 nitrogen and oxygen atoms in total. The van der Waals surface area contributed by atoms with Crippen molar-refractivity contribution in [3.05, 3.63) is 0 Å². The fourth-order valence-electron chi connectivity index (χ4n) is 3.03. The third-order valence-corrected chi connectivity index (χ3v) is 4.74. The van der Waals surface area contributed by atoms with E-state index in [2.05, 4.69) is 12.2 Å². The molecule has 4 heteroatoms. The van der Waals surface area contributed by atoms with Crippen molar-refractivity contribution >= 4 is 11.8 Å². The van der Waals surface area contributed by atoms with Gasteiger partial charge in [-0.3, -0.25) is 9.59 Å². The number of rotatable bonds is 4. The number of nitrogens with zero attached hydrogens (tertiary/aromatic N) is 1. The lowest BCUT2D eigenvalue weighted by atomic mass is 9.85. The quantitative estimate of drug-likeness (QED) is 0.825. The van der Waals surface area contributed by atoms with Gasteiger partial charge < -0.3 is 10.2 Å². The number of amides is 2. The van der Waals surface area contributed by atoms with Crippen LogP contribution >= 0.6 is 0 Å². The average molecular weight is 252 g/mol. The first-order valence-electron chi connectivity index (χ1n) is 7.09. The SMILES string of the molecule is CCC(C)C1NC(=O)C(C)(C2CC2)N(CC)C1=O. The first-order valence-corrected chi connectivity index (χ1v) is 7.09. The summed E-state index contributed by atoms with van der Waals surface area (Å²) >= 11 is 0. The smallest absolute Gasteiger partial charge is 0.246 e. The van der Waals surface area contributed by atoms with Crippen molar-refractivity contribution in [2.45, 2.75) is 58.5 Å². The molecule has 3 unspecified atom stereocenters. The van der Waals surface area contributed by atoms with Crippen LogP contribution in [0.15, 0.2) is 0 Å². The number of likely N-dealkylation sites (N-methyl/N-ethyl adjacent to an activating group) is 1. The van der Waals surface area contributed by atoms with Gasteiger partial charge in [0.25, 0.3) is 0 Å². The standard InChI is InChI=1S/C14H24N2O2/c1-5-9(3)11-12(17)16(6-2)14(4,10-7-8-10)13(18)15-11/h9-11H,5-8H2,1-4H3,(H,15,18). The molecule has 1 aliphatic carbocycles. The van der Waals surface area contributed by atoms with E-state index >= 15 is 0 Å². The molecule has 102 valence electrons. The molecular weight excluding hydrogens is 228 g/mol. The van der Waals surface area contributed by atoms with Crippen LogP contribution < -0.4 is 5.32 Å². The van der Waals surface area contributed by atoms with E-state index in [9.17, 15) is 9.59 Å². The average Bonchev–Trinajstić information content (AvgIpc) is 3.18. The Labute approximate surface area is 109 Å². The number of hydrogen-bond donors (Lipinski definition) is 1. The lowest BCUT2D eigenvalue weighted by Gasteiger charge is -2.47. The van der Waals surface area contributed by atoms with Gasteiger partial charge in [-0.15, -0.1) is 0 Å². The van der Waals surface area contributed by atoms with Gasteiger partial charge in [0.05, 0.1) is 0 Å². The van der Waals surface area contributed by atoms with Gasteiger partial charge in [-0.1, -0.05) is 20.3 Å². The second-order valence-electron chi connectivity index (χ2n) is 5.84. The molecule has 2 amide bonds. The highest BCUT2D eigenvalue weighted by atomic mass is 16.2. The van der Waals surface area contributed by atoms with Crippen LogP contribution in [0.1, 0.15) is 47.0 Å². The van der Waals surface area contributed by atoms with E-state index in [1.165, 1.54) is 0 Å². The van der Waals surface area contributed by atoms with E-state index in [1.54, 1.807) is 4.90 Å². The summed E-state index contributed by atoms with van der Waals surface area (Å²) in [6.07, 6.45) is 3.01. The summed E-state index contributed by atoms with van der Waals surface area (Å²) in [5.41, 5.74) is -0.615. The molecular formula is C14H24N2O2. The molecule has 3 atom stereocenters. The largest absolute Gasteiger partial charge is 0.342 e. The molecule has 0 radical (unpaired) electrons. The molecule has 18 heavy (non-hydrogen) atoms. The number of hydrogen-bond acceptors (Lipinski definition) is 2. The maximum atomic E-state index is 12.6. The van der Waals surface area contributed by atoms with E-state index in [0.717, 1.165) is 19.3 Å². The summed E-state index contributed by atoms with van der Waals surface area (Å²) in [5, 5.41) is 2.96. The second kappa shape index (κ2) is 4.56. The summed E-state index contributed by atoms with van der Waals surface area (Å²) in [4.78, 5) is 26.8. The summed E-state index contributed by atoms with van der Waals surface area (Å²) in [5.74, 6) is 0.677. The normalized spacial score (nSPS) is 34.4. The maximum absolute atomic E-state index is 12.6. The van der Waals surface area contributed by atoms with Crippen LogP contribution in [-0.4, -0.2) is 34.8 Å². The Hall–Kier alpha value is -1.06.